The Bertz CT molecular complexity index is 3330. The molecule has 0 atom stereocenters. The van der Waals surface area contributed by atoms with Crippen molar-refractivity contribution in [3.05, 3.63) is 220 Å². The van der Waals surface area contributed by atoms with E-state index in [2.05, 4.69) is 94.8 Å². The first-order chi connectivity index (χ1) is 31.3. The van der Waals surface area contributed by atoms with Gasteiger partial charge in [0.05, 0.1) is 16.6 Å². The molecular formula is C55H38F6N4. The van der Waals surface area contributed by atoms with Crippen LogP contribution < -0.4 is 15.8 Å². The van der Waals surface area contributed by atoms with Crippen molar-refractivity contribution in [1.82, 2.24) is 9.88 Å². The molecule has 0 spiro atoms. The monoisotopic (exact) mass is 868 g/mol. The fourth-order valence-electron chi connectivity index (χ4n) is 8.52. The molecule has 2 heterocycles. The Kier molecular flexibility index (Phi) is 10.2. The van der Waals surface area contributed by atoms with Crippen molar-refractivity contribution in [2.24, 2.45) is 9.98 Å². The quantitative estimate of drug-likeness (QED) is 0.172. The van der Waals surface area contributed by atoms with Crippen LogP contribution in [0.1, 0.15) is 28.7 Å². The minimum Gasteiger partial charge on any atom is -0.324 e. The van der Waals surface area contributed by atoms with Gasteiger partial charge in [0.2, 0.25) is 0 Å². The highest BCUT2D eigenvalue weighted by atomic mass is 19.4. The van der Waals surface area contributed by atoms with Gasteiger partial charge in [0.15, 0.2) is 5.84 Å². The van der Waals surface area contributed by atoms with Crippen LogP contribution in [0.5, 0.6) is 0 Å². The summed E-state index contributed by atoms with van der Waals surface area (Å²) < 4.78 is 89.0. The van der Waals surface area contributed by atoms with Crippen LogP contribution >= 0.6 is 0 Å². The number of aliphatic imine (C=N–C) groups is 2. The Morgan fingerprint density at radius 2 is 1.03 bits per heavy atom. The molecule has 7 aromatic carbocycles. The highest BCUT2D eigenvalue weighted by Crippen LogP contribution is 2.41. The molecule has 4 nitrogen and oxygen atoms in total. The Balaban J connectivity index is 1.31. The summed E-state index contributed by atoms with van der Waals surface area (Å²) in [5.41, 5.74) is 7.05. The summed E-state index contributed by atoms with van der Waals surface area (Å²) in [5.74, 6) is 0.922. The summed E-state index contributed by atoms with van der Waals surface area (Å²) in [6.45, 7) is 4.06. The van der Waals surface area contributed by atoms with E-state index >= 15 is 0 Å². The van der Waals surface area contributed by atoms with Gasteiger partial charge in [0.25, 0.3) is 0 Å². The zero-order valence-electron chi connectivity index (χ0n) is 35.1. The molecule has 0 saturated heterocycles. The summed E-state index contributed by atoms with van der Waals surface area (Å²) in [6.07, 6.45) is -9.83. The number of halogens is 6. The van der Waals surface area contributed by atoms with Gasteiger partial charge in [-0.1, -0.05) is 151 Å². The van der Waals surface area contributed by atoms with Crippen LogP contribution in [0.15, 0.2) is 197 Å². The van der Waals surface area contributed by atoms with Gasteiger partial charge >= 0.3 is 12.4 Å². The first-order valence-corrected chi connectivity index (χ1v) is 21.0. The van der Waals surface area contributed by atoms with Gasteiger partial charge in [-0.3, -0.25) is 0 Å². The molecule has 10 heteroatoms. The molecule has 0 unspecified atom stereocenters. The number of nitrogens with zero attached hydrogens (tertiary/aromatic N) is 3. The second kappa shape index (κ2) is 16.1. The number of allylic oxidation sites excluding steroid dienone is 4. The van der Waals surface area contributed by atoms with E-state index in [0.29, 0.717) is 28.5 Å². The van der Waals surface area contributed by atoms with Crippen LogP contribution in [0.25, 0.3) is 61.1 Å². The minimum absolute atomic E-state index is 0.153. The number of alkyl halides is 6. The predicted molar refractivity (Wildman–Crippen MR) is 249 cm³/mol. The van der Waals surface area contributed by atoms with Crippen LogP contribution in [0.3, 0.4) is 0 Å². The van der Waals surface area contributed by atoms with Crippen LogP contribution in [0.2, 0.25) is 0 Å². The summed E-state index contributed by atoms with van der Waals surface area (Å²) in [4.78, 5) is 9.87. The smallest absolute Gasteiger partial charge is 0.324 e. The van der Waals surface area contributed by atoms with Gasteiger partial charge in [-0.25, -0.2) is 9.98 Å². The van der Waals surface area contributed by atoms with Crippen molar-refractivity contribution in [1.29, 1.82) is 0 Å². The molecule has 1 aliphatic heterocycles. The van der Waals surface area contributed by atoms with Crippen molar-refractivity contribution < 1.29 is 26.3 Å². The van der Waals surface area contributed by atoms with Crippen molar-refractivity contribution in [2.75, 3.05) is 0 Å². The fraction of sp³-hybridized carbons (Fsp3) is 0.0909. The molecule has 2 aliphatic rings. The lowest BCUT2D eigenvalue weighted by molar-refractivity contribution is -0.0970. The van der Waals surface area contributed by atoms with Gasteiger partial charge in [0, 0.05) is 44.8 Å². The maximum Gasteiger partial charge on any atom is 0.416 e. The molecule has 10 rings (SSSR count). The number of hydrogen-bond donors (Lipinski definition) is 1. The molecule has 320 valence electrons. The topological polar surface area (TPSA) is 41.7 Å². The number of aromatic nitrogens is 1. The summed E-state index contributed by atoms with van der Waals surface area (Å²) in [6, 6.07) is 52.8. The van der Waals surface area contributed by atoms with Crippen molar-refractivity contribution >= 4 is 44.9 Å². The molecule has 1 aromatic heterocycles. The van der Waals surface area contributed by atoms with E-state index < -0.39 is 29.9 Å². The fourth-order valence-corrected chi connectivity index (χ4v) is 8.52. The zero-order chi connectivity index (χ0) is 45.0. The molecule has 1 N–H and O–H groups in total. The molecule has 0 bridgehead atoms. The molecular weight excluding hydrogens is 831 g/mol. The maximum absolute atomic E-state index is 14.5. The van der Waals surface area contributed by atoms with E-state index in [1.54, 1.807) is 18.2 Å². The van der Waals surface area contributed by atoms with Gasteiger partial charge in [0.1, 0.15) is 11.7 Å². The molecule has 0 radical (unpaired) electrons. The Hall–Kier alpha value is -7.72. The van der Waals surface area contributed by atoms with Crippen LogP contribution in [0.4, 0.5) is 26.3 Å². The predicted octanol–water partition coefficient (Wildman–Crippen LogP) is 12.8. The summed E-state index contributed by atoms with van der Waals surface area (Å²) in [7, 11) is 0. The average molecular weight is 869 g/mol. The highest BCUT2D eigenvalue weighted by Gasteiger charge is 2.41. The van der Waals surface area contributed by atoms with E-state index in [4.69, 9.17) is 9.98 Å². The van der Waals surface area contributed by atoms with E-state index in [1.807, 2.05) is 74.5 Å². The SMILES string of the molecule is Cc1ccc(-c2ccc3c4ccc(-c5ccc(C)cc5)cc4n(-c4ccc(=C5C=C(C(F)(F)F)C=C(C(F)(F)F)C5)c(=C5N=C(c6ccccc6)N=C(c6ccccc6)N5)c4)c3c2)cc1. The normalized spacial score (nSPS) is 16.2. The van der Waals surface area contributed by atoms with Crippen LogP contribution in [-0.4, -0.2) is 28.6 Å². The van der Waals surface area contributed by atoms with Crippen molar-refractivity contribution in [2.45, 2.75) is 32.6 Å². The first kappa shape index (κ1) is 41.3. The average Bonchev–Trinajstić information content (AvgIpc) is 3.64. The largest absolute Gasteiger partial charge is 0.416 e. The van der Waals surface area contributed by atoms with Crippen molar-refractivity contribution in [3.63, 3.8) is 0 Å². The molecule has 8 aromatic rings. The third-order valence-electron chi connectivity index (χ3n) is 11.9. The van der Waals surface area contributed by atoms with E-state index in [1.165, 1.54) is 0 Å². The maximum atomic E-state index is 14.5. The number of amidine groups is 2. The third kappa shape index (κ3) is 8.08. The lowest BCUT2D eigenvalue weighted by atomic mass is 9.92. The second-order valence-corrected chi connectivity index (χ2v) is 16.3. The summed E-state index contributed by atoms with van der Waals surface area (Å²) in [5, 5.41) is 5.70. The molecule has 0 amide bonds. The zero-order valence-corrected chi connectivity index (χ0v) is 35.1. The van der Waals surface area contributed by atoms with Gasteiger partial charge in [-0.05, 0) is 83.3 Å². The number of rotatable bonds is 5. The number of benzene rings is 7. The van der Waals surface area contributed by atoms with E-state index in [0.717, 1.165) is 61.3 Å². The van der Waals surface area contributed by atoms with E-state index in [-0.39, 0.29) is 27.9 Å². The van der Waals surface area contributed by atoms with Gasteiger partial charge in [-0.15, -0.1) is 0 Å². The van der Waals surface area contributed by atoms with Crippen LogP contribution in [0, 0.1) is 13.8 Å². The van der Waals surface area contributed by atoms with Crippen molar-refractivity contribution in [3.8, 4) is 27.9 Å². The molecule has 1 aliphatic carbocycles. The lowest BCUT2D eigenvalue weighted by Gasteiger charge is -2.21. The number of aryl methyl sites for hydroxylation is 2. The molecule has 0 fully saturated rings. The van der Waals surface area contributed by atoms with Gasteiger partial charge in [-0.2, -0.15) is 26.3 Å². The van der Waals surface area contributed by atoms with E-state index in [9.17, 15) is 26.3 Å². The second-order valence-electron chi connectivity index (χ2n) is 16.3. The highest BCUT2D eigenvalue weighted by molar-refractivity contribution is 6.16. The number of nitrogens with one attached hydrogen (secondary N) is 1. The Labute approximate surface area is 370 Å². The number of hydrogen-bond acceptors (Lipinski definition) is 3. The molecule has 0 saturated carbocycles. The Morgan fingerprint density at radius 1 is 0.492 bits per heavy atom. The molecule has 65 heavy (non-hydrogen) atoms. The van der Waals surface area contributed by atoms with Crippen LogP contribution in [-0.2, 0) is 0 Å². The standard InChI is InChI=1S/C55H38F6N4/c1-33-13-17-35(18-14-33)39-21-24-46-47-25-22-40(36-19-15-34(2)16-20-36)30-50(47)65(49(46)29-39)44-23-26-45(41-27-42(54(56,57)58)31-43(28-41)55(59,60)61)48(32-44)53-63-51(37-9-5-3-6-10-37)62-52(64-53)38-11-7-4-8-12-38/h3-27,29-32H,28H2,1-2H3,(H,62,63,64). The van der Waals surface area contributed by atoms with Gasteiger partial charge < -0.3 is 9.88 Å². The third-order valence-corrected chi connectivity index (χ3v) is 11.9. The summed E-state index contributed by atoms with van der Waals surface area (Å²) >= 11 is 0. The minimum atomic E-state index is -5.04. The lowest BCUT2D eigenvalue weighted by Crippen LogP contribution is -2.38. The Morgan fingerprint density at radius 3 is 1.57 bits per heavy atom. The first-order valence-electron chi connectivity index (χ1n) is 21.0. The number of fused-ring (bicyclic) bond motifs is 3.